The fourth-order valence-corrected chi connectivity index (χ4v) is 2.16. The van der Waals surface area contributed by atoms with Crippen LogP contribution in [0.1, 0.15) is 30.5 Å². The molecule has 0 aliphatic heterocycles. The molecule has 0 saturated carbocycles. The molecule has 4 heteroatoms. The minimum Gasteiger partial charge on any atom is -0.508 e. The third kappa shape index (κ3) is 4.74. The molecule has 2 rings (SSSR count). The predicted molar refractivity (Wildman–Crippen MR) is 96.2 cm³/mol. The first kappa shape index (κ1) is 17.3. The van der Waals surface area contributed by atoms with Crippen molar-refractivity contribution in [3.8, 4) is 17.2 Å². The zero-order valence-electron chi connectivity index (χ0n) is 13.7. The molecule has 0 radical (unpaired) electrons. The molecule has 0 amide bonds. The average molecular weight is 324 g/mol. The Morgan fingerprint density at radius 3 is 2.25 bits per heavy atom. The van der Waals surface area contributed by atoms with Crippen molar-refractivity contribution in [3.63, 3.8) is 0 Å². The summed E-state index contributed by atoms with van der Waals surface area (Å²) in [6.07, 6.45) is 5.95. The summed E-state index contributed by atoms with van der Waals surface area (Å²) in [5.41, 5.74) is 2.82. The van der Waals surface area contributed by atoms with Crippen molar-refractivity contribution >= 4 is 12.2 Å². The number of phenols is 2. The minimum atomic E-state index is -0.288. The second-order valence-electron chi connectivity index (χ2n) is 5.81. The zero-order valence-corrected chi connectivity index (χ0v) is 13.7. The molecule has 0 atom stereocenters. The van der Waals surface area contributed by atoms with Gasteiger partial charge in [-0.3, -0.25) is 4.79 Å². The predicted octanol–water partition coefficient (Wildman–Crippen LogP) is 3.84. The maximum Gasteiger partial charge on any atom is 0.182 e. The van der Waals surface area contributed by atoms with E-state index in [0.29, 0.717) is 23.1 Å². The van der Waals surface area contributed by atoms with Crippen molar-refractivity contribution in [2.45, 2.75) is 20.3 Å². The smallest absolute Gasteiger partial charge is 0.182 e. The van der Waals surface area contributed by atoms with Crippen LogP contribution in [0.4, 0.5) is 0 Å². The van der Waals surface area contributed by atoms with Crippen LogP contribution in [0.15, 0.2) is 52.8 Å². The molecular weight excluding hydrogens is 304 g/mol. The molecule has 124 valence electrons. The van der Waals surface area contributed by atoms with Crippen LogP contribution in [0.3, 0.4) is 0 Å². The lowest BCUT2D eigenvalue weighted by atomic mass is 10.1. The second kappa shape index (κ2) is 7.51. The summed E-state index contributed by atoms with van der Waals surface area (Å²) >= 11 is 0. The number of benzene rings is 1. The Labute approximate surface area is 140 Å². The molecule has 0 fully saturated rings. The Bertz CT molecular complexity index is 860. The van der Waals surface area contributed by atoms with E-state index in [-0.39, 0.29) is 22.7 Å². The Morgan fingerprint density at radius 1 is 0.875 bits per heavy atom. The largest absolute Gasteiger partial charge is 0.508 e. The van der Waals surface area contributed by atoms with Gasteiger partial charge >= 0.3 is 0 Å². The first-order valence-corrected chi connectivity index (χ1v) is 7.56. The number of rotatable bonds is 4. The fraction of sp³-hybridized carbons (Fsp3) is 0.150. The van der Waals surface area contributed by atoms with Gasteiger partial charge in [0.1, 0.15) is 5.75 Å². The lowest BCUT2D eigenvalue weighted by Gasteiger charge is -1.99. The zero-order chi connectivity index (χ0) is 17.7. The van der Waals surface area contributed by atoms with Gasteiger partial charge in [0.2, 0.25) is 0 Å². The van der Waals surface area contributed by atoms with Gasteiger partial charge in [0.25, 0.3) is 0 Å². The molecule has 0 spiro atoms. The van der Waals surface area contributed by atoms with Gasteiger partial charge in [0, 0.05) is 6.07 Å². The van der Waals surface area contributed by atoms with E-state index in [2.05, 4.69) is 0 Å². The van der Waals surface area contributed by atoms with Crippen LogP contribution in [-0.2, 0) is 6.42 Å². The first-order valence-electron chi connectivity index (χ1n) is 7.56. The monoisotopic (exact) mass is 324 g/mol. The summed E-state index contributed by atoms with van der Waals surface area (Å²) in [5, 5.41) is 28.9. The molecule has 0 aliphatic rings. The number of allylic oxidation sites excluding steroid dienone is 2. The van der Waals surface area contributed by atoms with Crippen molar-refractivity contribution in [1.82, 2.24) is 0 Å². The van der Waals surface area contributed by atoms with E-state index in [9.17, 15) is 20.1 Å². The molecule has 4 nitrogen and oxygen atoms in total. The molecule has 24 heavy (non-hydrogen) atoms. The summed E-state index contributed by atoms with van der Waals surface area (Å²) < 4.78 is 0. The second-order valence-corrected chi connectivity index (χ2v) is 5.81. The maximum absolute atomic E-state index is 11.8. The van der Waals surface area contributed by atoms with Gasteiger partial charge in [0.15, 0.2) is 16.9 Å². The first-order chi connectivity index (χ1) is 11.3. The summed E-state index contributed by atoms with van der Waals surface area (Å²) in [6, 6.07) is 8.86. The van der Waals surface area contributed by atoms with Gasteiger partial charge in [-0.05, 0) is 61.2 Å². The van der Waals surface area contributed by atoms with Crippen LogP contribution >= 0.6 is 0 Å². The number of phenolic OH excluding ortho intramolecular Hbond substituents is 2. The third-order valence-corrected chi connectivity index (χ3v) is 3.46. The summed E-state index contributed by atoms with van der Waals surface area (Å²) in [7, 11) is 0. The number of hydrogen-bond donors (Lipinski definition) is 3. The van der Waals surface area contributed by atoms with Crippen molar-refractivity contribution in [1.29, 1.82) is 0 Å². The minimum absolute atomic E-state index is 0.0283. The fourth-order valence-electron chi connectivity index (χ4n) is 2.16. The summed E-state index contributed by atoms with van der Waals surface area (Å²) in [6.45, 7) is 3.94. The molecule has 2 aromatic rings. The van der Waals surface area contributed by atoms with E-state index in [1.165, 1.54) is 24.3 Å². The van der Waals surface area contributed by atoms with E-state index in [4.69, 9.17) is 0 Å². The van der Waals surface area contributed by atoms with Crippen molar-refractivity contribution < 1.29 is 15.3 Å². The number of aromatic hydroxyl groups is 3. The SMILES string of the molecule is CC(C)=CCc1cc(/C=C/c2ccc(O)c(O)c2)cc(=O)cc1O. The lowest BCUT2D eigenvalue weighted by Crippen LogP contribution is -1.90. The van der Waals surface area contributed by atoms with E-state index in [1.807, 2.05) is 19.9 Å². The molecular formula is C20H20O4. The van der Waals surface area contributed by atoms with E-state index < -0.39 is 0 Å². The van der Waals surface area contributed by atoms with Crippen LogP contribution < -0.4 is 5.43 Å². The Morgan fingerprint density at radius 2 is 1.58 bits per heavy atom. The maximum atomic E-state index is 11.8. The molecule has 2 aromatic carbocycles. The Hall–Kier alpha value is -3.01. The molecule has 0 bridgehead atoms. The van der Waals surface area contributed by atoms with Crippen LogP contribution in [0.2, 0.25) is 0 Å². The van der Waals surface area contributed by atoms with E-state index in [0.717, 1.165) is 5.57 Å². The molecule has 0 heterocycles. The van der Waals surface area contributed by atoms with Crippen molar-refractivity contribution in [2.75, 3.05) is 0 Å². The summed E-state index contributed by atoms with van der Waals surface area (Å²) in [4.78, 5) is 11.8. The Kier molecular flexibility index (Phi) is 5.42. The van der Waals surface area contributed by atoms with Gasteiger partial charge in [0.05, 0.1) is 0 Å². The lowest BCUT2D eigenvalue weighted by molar-refractivity contribution is 0.403. The normalized spacial score (nSPS) is 10.8. The average Bonchev–Trinajstić information content (AvgIpc) is 2.64. The molecule has 0 aliphatic carbocycles. The van der Waals surface area contributed by atoms with Crippen LogP contribution in [0.5, 0.6) is 17.2 Å². The topological polar surface area (TPSA) is 77.8 Å². The highest BCUT2D eigenvalue weighted by Crippen LogP contribution is 2.26. The quantitative estimate of drug-likeness (QED) is 0.590. The standard InChI is InChI=1S/C20H20O4/c1-13(2)3-7-16-9-15(10-17(21)12-19(16)23)5-4-14-6-8-18(22)20(24)11-14/h3-6,8-12,22-24H,7H2,1-2H3/b5-4+. The summed E-state index contributed by atoms with van der Waals surface area (Å²) in [5.74, 6) is -0.421. The molecule has 0 unspecified atom stereocenters. The number of hydrogen-bond acceptors (Lipinski definition) is 4. The molecule has 3 N–H and O–H groups in total. The van der Waals surface area contributed by atoms with E-state index >= 15 is 0 Å². The van der Waals surface area contributed by atoms with Crippen molar-refractivity contribution in [3.05, 3.63) is 75.0 Å². The third-order valence-electron chi connectivity index (χ3n) is 3.46. The van der Waals surface area contributed by atoms with Gasteiger partial charge in [-0.25, -0.2) is 0 Å². The van der Waals surface area contributed by atoms with E-state index in [1.54, 1.807) is 24.3 Å². The molecule has 0 aromatic heterocycles. The van der Waals surface area contributed by atoms with Gasteiger partial charge in [-0.2, -0.15) is 0 Å². The molecule has 0 saturated heterocycles. The van der Waals surface area contributed by atoms with Gasteiger partial charge < -0.3 is 15.3 Å². The van der Waals surface area contributed by atoms with Crippen molar-refractivity contribution in [2.24, 2.45) is 0 Å². The highest BCUT2D eigenvalue weighted by Gasteiger charge is 2.02. The van der Waals surface area contributed by atoms with Gasteiger partial charge in [-0.1, -0.05) is 29.9 Å². The van der Waals surface area contributed by atoms with Crippen LogP contribution in [0, 0.1) is 0 Å². The van der Waals surface area contributed by atoms with Gasteiger partial charge in [-0.15, -0.1) is 0 Å². The highest BCUT2D eigenvalue weighted by atomic mass is 16.3. The van der Waals surface area contributed by atoms with Crippen LogP contribution in [0.25, 0.3) is 12.2 Å². The Balaban J connectivity index is 2.40. The van der Waals surface area contributed by atoms with Crippen LogP contribution in [-0.4, -0.2) is 15.3 Å². The highest BCUT2D eigenvalue weighted by molar-refractivity contribution is 5.71.